The number of urea groups is 1. The predicted octanol–water partition coefficient (Wildman–Crippen LogP) is 0.719. The normalized spacial score (nSPS) is 35.6. The average Bonchev–Trinajstić information content (AvgIpc) is 3.00. The van der Waals surface area contributed by atoms with E-state index in [9.17, 15) is 9.90 Å². The molecule has 0 spiro atoms. The lowest BCUT2D eigenvalue weighted by Crippen LogP contribution is -2.48. The van der Waals surface area contributed by atoms with Gasteiger partial charge in [0.25, 0.3) is 0 Å². The van der Waals surface area contributed by atoms with E-state index >= 15 is 0 Å². The number of ether oxygens (including phenoxy) is 1. The minimum absolute atomic E-state index is 0.0872. The molecule has 2 bridgehead atoms. The Kier molecular flexibility index (Phi) is 3.20. The number of likely N-dealkylation sites (N-methyl/N-ethyl adjacent to an activating group) is 1. The Bertz CT molecular complexity index is 332. The Labute approximate surface area is 107 Å². The molecule has 3 fully saturated rings. The average molecular weight is 254 g/mol. The van der Waals surface area contributed by atoms with E-state index in [-0.39, 0.29) is 24.3 Å². The van der Waals surface area contributed by atoms with Crippen LogP contribution in [-0.4, -0.2) is 54.0 Å². The predicted molar refractivity (Wildman–Crippen MR) is 66.2 cm³/mol. The molecule has 3 rings (SSSR count). The molecule has 5 nitrogen and oxygen atoms in total. The fourth-order valence-electron chi connectivity index (χ4n) is 3.05. The van der Waals surface area contributed by atoms with E-state index in [1.807, 2.05) is 0 Å². The highest BCUT2D eigenvalue weighted by Crippen LogP contribution is 2.34. The van der Waals surface area contributed by atoms with Crippen LogP contribution in [0.5, 0.6) is 0 Å². The van der Waals surface area contributed by atoms with Crippen molar-refractivity contribution in [2.24, 2.45) is 5.92 Å². The largest absolute Gasteiger partial charge is 0.391 e. The van der Waals surface area contributed by atoms with Gasteiger partial charge in [-0.05, 0) is 38.0 Å². The molecule has 2 amide bonds. The summed E-state index contributed by atoms with van der Waals surface area (Å²) in [7, 11) is 1.75. The van der Waals surface area contributed by atoms with Crippen LogP contribution in [0.3, 0.4) is 0 Å². The highest BCUT2D eigenvalue weighted by Gasteiger charge is 2.41. The zero-order valence-electron chi connectivity index (χ0n) is 10.8. The van der Waals surface area contributed by atoms with Crippen LogP contribution >= 0.6 is 0 Å². The number of aliphatic hydroxyl groups is 1. The summed E-state index contributed by atoms with van der Waals surface area (Å²) in [5.74, 6) is 0.408. The molecule has 2 N–H and O–H groups in total. The molecule has 2 aliphatic heterocycles. The van der Waals surface area contributed by atoms with Crippen LogP contribution in [-0.2, 0) is 4.74 Å². The SMILES string of the molecule is CN(CC(O)C1CC1)C(=O)NC1CC2CCC1O2. The van der Waals surface area contributed by atoms with Crippen LogP contribution in [0.4, 0.5) is 4.79 Å². The third-order valence-electron chi connectivity index (χ3n) is 4.39. The third kappa shape index (κ3) is 2.47. The van der Waals surface area contributed by atoms with Crippen molar-refractivity contribution >= 4 is 6.03 Å². The summed E-state index contributed by atoms with van der Waals surface area (Å²) >= 11 is 0. The number of amides is 2. The van der Waals surface area contributed by atoms with Crippen molar-refractivity contribution in [3.8, 4) is 0 Å². The number of carbonyl (C=O) groups excluding carboxylic acids is 1. The van der Waals surface area contributed by atoms with Crippen LogP contribution in [0, 0.1) is 5.92 Å². The van der Waals surface area contributed by atoms with Gasteiger partial charge in [-0.3, -0.25) is 0 Å². The van der Waals surface area contributed by atoms with Crippen molar-refractivity contribution in [2.75, 3.05) is 13.6 Å². The minimum atomic E-state index is -0.364. The number of aliphatic hydroxyl groups excluding tert-OH is 1. The van der Waals surface area contributed by atoms with Gasteiger partial charge in [0.15, 0.2) is 0 Å². The second kappa shape index (κ2) is 4.70. The van der Waals surface area contributed by atoms with Crippen molar-refractivity contribution in [2.45, 2.75) is 56.5 Å². The summed E-state index contributed by atoms with van der Waals surface area (Å²) in [6.07, 6.45) is 5.51. The van der Waals surface area contributed by atoms with Gasteiger partial charge in [-0.15, -0.1) is 0 Å². The van der Waals surface area contributed by atoms with Gasteiger partial charge >= 0.3 is 6.03 Å². The fraction of sp³-hybridized carbons (Fsp3) is 0.923. The quantitative estimate of drug-likeness (QED) is 0.777. The standard InChI is InChI=1S/C13H22N2O3/c1-15(7-11(16)8-2-3-8)13(17)14-10-6-9-4-5-12(10)18-9/h8-12,16H,2-7H2,1H3,(H,14,17). The van der Waals surface area contributed by atoms with Crippen LogP contribution in [0.25, 0.3) is 0 Å². The Morgan fingerprint density at radius 3 is 2.78 bits per heavy atom. The van der Waals surface area contributed by atoms with E-state index in [2.05, 4.69) is 5.32 Å². The molecule has 1 aliphatic carbocycles. The van der Waals surface area contributed by atoms with Crippen LogP contribution in [0.2, 0.25) is 0 Å². The lowest BCUT2D eigenvalue weighted by Gasteiger charge is -2.26. The van der Waals surface area contributed by atoms with E-state index in [0.29, 0.717) is 18.6 Å². The molecule has 18 heavy (non-hydrogen) atoms. The molecule has 0 aromatic carbocycles. The summed E-state index contributed by atoms with van der Waals surface area (Å²) < 4.78 is 5.71. The second-order valence-corrected chi connectivity index (χ2v) is 5.95. The molecule has 1 saturated carbocycles. The Morgan fingerprint density at radius 2 is 2.22 bits per heavy atom. The van der Waals surface area contributed by atoms with E-state index < -0.39 is 0 Å². The van der Waals surface area contributed by atoms with E-state index in [0.717, 1.165) is 32.1 Å². The van der Waals surface area contributed by atoms with E-state index in [4.69, 9.17) is 4.74 Å². The van der Waals surface area contributed by atoms with Gasteiger partial charge in [0.2, 0.25) is 0 Å². The van der Waals surface area contributed by atoms with Crippen molar-refractivity contribution in [1.29, 1.82) is 0 Å². The zero-order valence-corrected chi connectivity index (χ0v) is 10.8. The topological polar surface area (TPSA) is 61.8 Å². The summed E-state index contributed by atoms with van der Waals surface area (Å²) in [6, 6.07) is 0.0765. The first-order chi connectivity index (χ1) is 8.63. The maximum atomic E-state index is 12.0. The molecule has 0 radical (unpaired) electrons. The Balaban J connectivity index is 1.45. The number of hydrogen-bond donors (Lipinski definition) is 2. The fourth-order valence-corrected chi connectivity index (χ4v) is 3.05. The van der Waals surface area contributed by atoms with Crippen molar-refractivity contribution in [1.82, 2.24) is 10.2 Å². The first kappa shape index (κ1) is 12.2. The number of carbonyl (C=O) groups is 1. The van der Waals surface area contributed by atoms with Gasteiger partial charge in [-0.1, -0.05) is 0 Å². The molecule has 2 heterocycles. The van der Waals surface area contributed by atoms with Gasteiger partial charge in [-0.2, -0.15) is 0 Å². The van der Waals surface area contributed by atoms with Crippen LogP contribution in [0.1, 0.15) is 32.1 Å². The second-order valence-electron chi connectivity index (χ2n) is 5.95. The molecule has 2 saturated heterocycles. The minimum Gasteiger partial charge on any atom is -0.391 e. The smallest absolute Gasteiger partial charge is 0.317 e. The molecule has 3 aliphatic rings. The highest BCUT2D eigenvalue weighted by molar-refractivity contribution is 5.74. The van der Waals surface area contributed by atoms with E-state index in [1.54, 1.807) is 11.9 Å². The summed E-state index contributed by atoms with van der Waals surface area (Å²) in [5, 5.41) is 12.9. The number of nitrogens with one attached hydrogen (secondary N) is 1. The number of nitrogens with zero attached hydrogens (tertiary/aromatic N) is 1. The monoisotopic (exact) mass is 254 g/mol. The Morgan fingerprint density at radius 1 is 1.44 bits per heavy atom. The molecule has 0 aromatic heterocycles. The van der Waals surface area contributed by atoms with Gasteiger partial charge < -0.3 is 20.1 Å². The maximum Gasteiger partial charge on any atom is 0.317 e. The summed E-state index contributed by atoms with van der Waals surface area (Å²) in [6.45, 7) is 0.429. The molecule has 0 aromatic rings. The molecule has 4 atom stereocenters. The molecule has 5 heteroatoms. The van der Waals surface area contributed by atoms with Crippen LogP contribution in [0.15, 0.2) is 0 Å². The van der Waals surface area contributed by atoms with Crippen molar-refractivity contribution < 1.29 is 14.6 Å². The number of fused-ring (bicyclic) bond motifs is 2. The van der Waals surface area contributed by atoms with E-state index in [1.165, 1.54) is 0 Å². The summed E-state index contributed by atoms with van der Waals surface area (Å²) in [5.41, 5.74) is 0. The first-order valence-electron chi connectivity index (χ1n) is 6.98. The van der Waals surface area contributed by atoms with Gasteiger partial charge in [-0.25, -0.2) is 4.79 Å². The highest BCUT2D eigenvalue weighted by atomic mass is 16.5. The zero-order chi connectivity index (χ0) is 12.7. The van der Waals surface area contributed by atoms with Crippen LogP contribution < -0.4 is 5.32 Å². The van der Waals surface area contributed by atoms with Gasteiger partial charge in [0.1, 0.15) is 0 Å². The number of rotatable bonds is 4. The lowest BCUT2D eigenvalue weighted by molar-refractivity contribution is 0.0943. The number of hydrogen-bond acceptors (Lipinski definition) is 3. The lowest BCUT2D eigenvalue weighted by atomic mass is 9.96. The summed E-state index contributed by atoms with van der Waals surface area (Å²) in [4.78, 5) is 13.6. The molecule has 4 unspecified atom stereocenters. The maximum absolute atomic E-state index is 12.0. The molecule has 102 valence electrons. The molecular formula is C13H22N2O3. The van der Waals surface area contributed by atoms with Crippen molar-refractivity contribution in [3.63, 3.8) is 0 Å². The third-order valence-corrected chi connectivity index (χ3v) is 4.39. The Hall–Kier alpha value is -0.810. The van der Waals surface area contributed by atoms with Gasteiger partial charge in [0, 0.05) is 13.6 Å². The molecular weight excluding hydrogens is 232 g/mol. The van der Waals surface area contributed by atoms with Crippen molar-refractivity contribution in [3.05, 3.63) is 0 Å². The van der Waals surface area contributed by atoms with Gasteiger partial charge in [0.05, 0.1) is 24.4 Å². The first-order valence-corrected chi connectivity index (χ1v) is 6.98.